The lowest BCUT2D eigenvalue weighted by Crippen LogP contribution is -2.08. The summed E-state index contributed by atoms with van der Waals surface area (Å²) < 4.78 is 38.0. The Kier molecular flexibility index (Phi) is 2.59. The van der Waals surface area contributed by atoms with Gasteiger partial charge in [-0.05, 0) is 18.2 Å². The van der Waals surface area contributed by atoms with E-state index >= 15 is 0 Å². The van der Waals surface area contributed by atoms with E-state index in [-0.39, 0.29) is 5.15 Å². The molecule has 0 spiro atoms. The molecule has 0 unspecified atom stereocenters. The largest absolute Gasteiger partial charge is 0.433 e. The molecule has 16 heavy (non-hydrogen) atoms. The van der Waals surface area contributed by atoms with Crippen molar-refractivity contribution in [3.05, 3.63) is 41.4 Å². The molecule has 2 heterocycles. The number of rotatable bonds is 1. The van der Waals surface area contributed by atoms with E-state index in [1.165, 1.54) is 23.0 Å². The highest BCUT2D eigenvalue weighted by molar-refractivity contribution is 6.29. The molecule has 0 atom stereocenters. The number of hydrogen-bond acceptors (Lipinski definition) is 2. The molecule has 0 aliphatic carbocycles. The molecule has 3 nitrogen and oxygen atoms in total. The standard InChI is InChI=1S/C9H5ClF3N3/c10-8-3-4-16(15-8)6-1-2-7(14-5-6)9(11,12)13/h1-5H. The molecule has 2 aromatic heterocycles. The molecule has 84 valence electrons. The molecule has 0 fully saturated rings. The van der Waals surface area contributed by atoms with Crippen molar-refractivity contribution >= 4 is 11.6 Å². The van der Waals surface area contributed by atoms with E-state index in [0.717, 1.165) is 12.3 Å². The van der Waals surface area contributed by atoms with Gasteiger partial charge in [0.05, 0.1) is 11.9 Å². The number of hydrogen-bond donors (Lipinski definition) is 0. The summed E-state index contributed by atoms with van der Waals surface area (Å²) in [7, 11) is 0. The summed E-state index contributed by atoms with van der Waals surface area (Å²) in [6.07, 6.45) is -1.81. The lowest BCUT2D eigenvalue weighted by atomic mass is 10.3. The molecular formula is C9H5ClF3N3. The summed E-state index contributed by atoms with van der Waals surface area (Å²) >= 11 is 5.58. The lowest BCUT2D eigenvalue weighted by molar-refractivity contribution is -0.141. The molecule has 0 bridgehead atoms. The van der Waals surface area contributed by atoms with Crippen LogP contribution in [0.1, 0.15) is 5.69 Å². The van der Waals surface area contributed by atoms with Gasteiger partial charge in [0, 0.05) is 6.20 Å². The highest BCUT2D eigenvalue weighted by Gasteiger charge is 2.32. The minimum atomic E-state index is -4.43. The molecule has 0 saturated carbocycles. The van der Waals surface area contributed by atoms with Crippen LogP contribution in [0, 0.1) is 0 Å². The van der Waals surface area contributed by atoms with Crippen molar-refractivity contribution in [2.24, 2.45) is 0 Å². The maximum Gasteiger partial charge on any atom is 0.433 e. The van der Waals surface area contributed by atoms with Crippen LogP contribution in [0.5, 0.6) is 0 Å². The third-order valence-corrected chi connectivity index (χ3v) is 2.06. The lowest BCUT2D eigenvalue weighted by Gasteiger charge is -2.06. The van der Waals surface area contributed by atoms with Crippen LogP contribution in [0.2, 0.25) is 5.15 Å². The van der Waals surface area contributed by atoms with E-state index in [2.05, 4.69) is 10.1 Å². The zero-order chi connectivity index (χ0) is 11.8. The maximum atomic E-state index is 12.2. The summed E-state index contributed by atoms with van der Waals surface area (Å²) in [6, 6.07) is 3.70. The number of nitrogens with zero attached hydrogens (tertiary/aromatic N) is 3. The minimum absolute atomic E-state index is 0.264. The molecule has 2 rings (SSSR count). The highest BCUT2D eigenvalue weighted by Crippen LogP contribution is 2.27. The van der Waals surface area contributed by atoms with Gasteiger partial charge in [-0.1, -0.05) is 11.6 Å². The molecule has 0 aliphatic rings. The molecule has 0 radical (unpaired) electrons. The van der Waals surface area contributed by atoms with Crippen LogP contribution < -0.4 is 0 Å². The Hall–Kier alpha value is -1.56. The van der Waals surface area contributed by atoms with Crippen molar-refractivity contribution in [1.82, 2.24) is 14.8 Å². The zero-order valence-corrected chi connectivity index (χ0v) is 8.50. The molecule has 0 amide bonds. The second-order valence-corrected chi connectivity index (χ2v) is 3.37. The summed E-state index contributed by atoms with van der Waals surface area (Å²) in [5, 5.41) is 4.10. The second kappa shape index (κ2) is 3.79. The smallest absolute Gasteiger partial charge is 0.250 e. The first-order valence-electron chi connectivity index (χ1n) is 4.21. The fraction of sp³-hybridized carbons (Fsp3) is 0.111. The van der Waals surface area contributed by atoms with Crippen molar-refractivity contribution in [2.45, 2.75) is 6.18 Å². The second-order valence-electron chi connectivity index (χ2n) is 2.98. The van der Waals surface area contributed by atoms with Crippen molar-refractivity contribution < 1.29 is 13.2 Å². The van der Waals surface area contributed by atoms with Crippen LogP contribution in [-0.4, -0.2) is 14.8 Å². The average molecular weight is 248 g/mol. The van der Waals surface area contributed by atoms with E-state index in [1.54, 1.807) is 0 Å². The van der Waals surface area contributed by atoms with Crippen molar-refractivity contribution in [2.75, 3.05) is 0 Å². The van der Waals surface area contributed by atoms with Crippen LogP contribution >= 0.6 is 11.6 Å². The third-order valence-electron chi connectivity index (χ3n) is 1.86. The average Bonchev–Trinajstić information content (AvgIpc) is 2.64. The first kappa shape index (κ1) is 10.9. The number of aromatic nitrogens is 3. The highest BCUT2D eigenvalue weighted by atomic mass is 35.5. The van der Waals surface area contributed by atoms with E-state index in [1.807, 2.05) is 0 Å². The first-order chi connectivity index (χ1) is 7.47. The Bertz CT molecular complexity index is 489. The molecular weight excluding hydrogens is 243 g/mol. The van der Waals surface area contributed by atoms with Gasteiger partial charge >= 0.3 is 6.18 Å². The van der Waals surface area contributed by atoms with Crippen molar-refractivity contribution in [3.63, 3.8) is 0 Å². The van der Waals surface area contributed by atoms with Gasteiger partial charge < -0.3 is 0 Å². The quantitative estimate of drug-likeness (QED) is 0.776. The summed E-state index contributed by atoms with van der Waals surface area (Å²) in [6.45, 7) is 0. The molecule has 0 saturated heterocycles. The predicted molar refractivity (Wildman–Crippen MR) is 51.4 cm³/mol. The van der Waals surface area contributed by atoms with Crippen LogP contribution in [0.3, 0.4) is 0 Å². The van der Waals surface area contributed by atoms with E-state index < -0.39 is 11.9 Å². The fourth-order valence-electron chi connectivity index (χ4n) is 1.13. The van der Waals surface area contributed by atoms with Gasteiger partial charge in [0.2, 0.25) is 0 Å². The Morgan fingerprint density at radius 3 is 2.38 bits per heavy atom. The normalized spacial score (nSPS) is 11.8. The van der Waals surface area contributed by atoms with Crippen LogP contribution in [0.4, 0.5) is 13.2 Å². The molecule has 7 heteroatoms. The van der Waals surface area contributed by atoms with Gasteiger partial charge in [-0.15, -0.1) is 0 Å². The molecule has 2 aromatic rings. The Morgan fingerprint density at radius 2 is 1.94 bits per heavy atom. The predicted octanol–water partition coefficient (Wildman–Crippen LogP) is 2.94. The molecule has 0 aliphatic heterocycles. The number of halogens is 4. The van der Waals surface area contributed by atoms with E-state index in [0.29, 0.717) is 5.69 Å². The van der Waals surface area contributed by atoms with Gasteiger partial charge in [0.25, 0.3) is 0 Å². The van der Waals surface area contributed by atoms with Crippen LogP contribution in [-0.2, 0) is 6.18 Å². The van der Waals surface area contributed by atoms with Gasteiger partial charge in [-0.3, -0.25) is 0 Å². The topological polar surface area (TPSA) is 30.7 Å². The zero-order valence-electron chi connectivity index (χ0n) is 7.74. The molecule has 0 aromatic carbocycles. The summed E-state index contributed by atoms with van der Waals surface area (Å²) in [5.74, 6) is 0. The fourth-order valence-corrected chi connectivity index (χ4v) is 1.27. The van der Waals surface area contributed by atoms with E-state index in [9.17, 15) is 13.2 Å². The minimum Gasteiger partial charge on any atom is -0.250 e. The molecule has 0 N–H and O–H groups in total. The van der Waals surface area contributed by atoms with Crippen LogP contribution in [0.15, 0.2) is 30.6 Å². The van der Waals surface area contributed by atoms with E-state index in [4.69, 9.17) is 11.6 Å². The van der Waals surface area contributed by atoms with Crippen molar-refractivity contribution in [3.8, 4) is 5.69 Å². The van der Waals surface area contributed by atoms with Gasteiger partial charge in [-0.25, -0.2) is 9.67 Å². The SMILES string of the molecule is FC(F)(F)c1ccc(-n2ccc(Cl)n2)cn1. The Morgan fingerprint density at radius 1 is 1.19 bits per heavy atom. The number of pyridine rings is 1. The number of alkyl halides is 3. The summed E-state index contributed by atoms with van der Waals surface area (Å²) in [5.41, 5.74) is -0.519. The van der Waals surface area contributed by atoms with Gasteiger partial charge in [0.15, 0.2) is 5.15 Å². The summed E-state index contributed by atoms with van der Waals surface area (Å²) in [4.78, 5) is 3.31. The monoisotopic (exact) mass is 247 g/mol. The Labute approximate surface area is 93.5 Å². The first-order valence-corrected chi connectivity index (χ1v) is 4.59. The van der Waals surface area contributed by atoms with Gasteiger partial charge in [-0.2, -0.15) is 18.3 Å². The maximum absolute atomic E-state index is 12.2. The Balaban J connectivity index is 2.33. The van der Waals surface area contributed by atoms with Crippen LogP contribution in [0.25, 0.3) is 5.69 Å². The third kappa shape index (κ3) is 2.16. The van der Waals surface area contributed by atoms with Gasteiger partial charge in [0.1, 0.15) is 5.69 Å². The van der Waals surface area contributed by atoms with Crippen molar-refractivity contribution in [1.29, 1.82) is 0 Å².